The highest BCUT2D eigenvalue weighted by molar-refractivity contribution is 4.84. The Hall–Kier alpha value is -0.190. The fourth-order valence-electron chi connectivity index (χ4n) is 1.82. The van der Waals surface area contributed by atoms with E-state index in [4.69, 9.17) is 4.74 Å². The lowest BCUT2D eigenvalue weighted by Gasteiger charge is -2.27. The molecule has 0 bridgehead atoms. The van der Waals surface area contributed by atoms with Gasteiger partial charge in [0.2, 0.25) is 0 Å². The van der Waals surface area contributed by atoms with Crippen LogP contribution in [-0.2, 0) is 4.74 Å². The van der Waals surface area contributed by atoms with Gasteiger partial charge in [0.15, 0.2) is 0 Å². The second kappa shape index (κ2) is 4.35. The second-order valence-electron chi connectivity index (χ2n) is 3.84. The van der Waals surface area contributed by atoms with Crippen LogP contribution in [0.3, 0.4) is 0 Å². The number of hydrogen-bond donors (Lipinski definition) is 2. The molecule has 0 aromatic heterocycles. The molecular weight excluding hydrogens is 171 g/mol. The predicted octanol–water partition coefficient (Wildman–Crippen LogP) is 0.0649. The zero-order valence-corrected chi connectivity index (χ0v) is 7.76. The molecule has 3 nitrogen and oxygen atoms in total. The molecule has 0 aromatic carbocycles. The number of halogens is 1. The molecule has 4 heteroatoms. The first-order valence-electron chi connectivity index (χ1n) is 5.05. The van der Waals surface area contributed by atoms with E-state index in [-0.39, 0.29) is 6.04 Å². The first-order valence-corrected chi connectivity index (χ1v) is 5.05. The molecule has 2 atom stereocenters. The van der Waals surface area contributed by atoms with Gasteiger partial charge in [-0.2, -0.15) is 0 Å². The second-order valence-corrected chi connectivity index (χ2v) is 3.84. The Kier molecular flexibility index (Phi) is 3.14. The molecule has 0 aliphatic carbocycles. The standard InChI is InChI=1S/C9H17FN2O/c10-8-1-3-12-9(8)2-4-11-7-5-13-6-7/h7-9,11-12H,1-6H2. The highest BCUT2D eigenvalue weighted by atomic mass is 19.1. The average Bonchev–Trinajstić information content (AvgIpc) is 2.42. The normalized spacial score (nSPS) is 34.8. The summed E-state index contributed by atoms with van der Waals surface area (Å²) in [5, 5.41) is 6.50. The Morgan fingerprint density at radius 2 is 2.31 bits per heavy atom. The van der Waals surface area contributed by atoms with E-state index in [2.05, 4.69) is 10.6 Å². The Bertz CT molecular complexity index is 164. The first-order chi connectivity index (χ1) is 6.36. The SMILES string of the molecule is FC1CCNC1CCNC1COC1. The first kappa shape index (κ1) is 9.37. The molecule has 2 N–H and O–H groups in total. The van der Waals surface area contributed by atoms with Crippen LogP contribution < -0.4 is 10.6 Å². The van der Waals surface area contributed by atoms with E-state index in [9.17, 15) is 4.39 Å². The third-order valence-electron chi connectivity index (χ3n) is 2.79. The summed E-state index contributed by atoms with van der Waals surface area (Å²) in [4.78, 5) is 0. The van der Waals surface area contributed by atoms with E-state index in [0.717, 1.165) is 32.7 Å². The molecule has 0 amide bonds. The van der Waals surface area contributed by atoms with E-state index in [1.807, 2.05) is 0 Å². The summed E-state index contributed by atoms with van der Waals surface area (Å²) < 4.78 is 18.1. The van der Waals surface area contributed by atoms with E-state index in [1.165, 1.54) is 0 Å². The minimum atomic E-state index is -0.639. The molecule has 13 heavy (non-hydrogen) atoms. The average molecular weight is 188 g/mol. The van der Waals surface area contributed by atoms with Crippen molar-refractivity contribution in [2.45, 2.75) is 31.1 Å². The quantitative estimate of drug-likeness (QED) is 0.655. The molecule has 2 rings (SSSR count). The molecule has 0 aromatic rings. The summed E-state index contributed by atoms with van der Waals surface area (Å²) in [6.07, 6.45) is 0.925. The van der Waals surface area contributed by atoms with Gasteiger partial charge in [-0.3, -0.25) is 0 Å². The lowest BCUT2D eigenvalue weighted by atomic mass is 10.1. The summed E-state index contributed by atoms with van der Waals surface area (Å²) in [6, 6.07) is 0.591. The van der Waals surface area contributed by atoms with Crippen molar-refractivity contribution in [1.29, 1.82) is 0 Å². The zero-order chi connectivity index (χ0) is 9.10. The van der Waals surface area contributed by atoms with E-state index in [1.54, 1.807) is 0 Å². The number of ether oxygens (including phenoxy) is 1. The van der Waals surface area contributed by atoms with Crippen molar-refractivity contribution in [3.63, 3.8) is 0 Å². The summed E-state index contributed by atoms with van der Waals surface area (Å²) in [6.45, 7) is 3.36. The Balaban J connectivity index is 1.56. The third-order valence-corrected chi connectivity index (χ3v) is 2.79. The van der Waals surface area contributed by atoms with Gasteiger partial charge in [-0.15, -0.1) is 0 Å². The molecule has 0 saturated carbocycles. The molecule has 2 heterocycles. The zero-order valence-electron chi connectivity index (χ0n) is 7.76. The fraction of sp³-hybridized carbons (Fsp3) is 1.00. The van der Waals surface area contributed by atoms with Crippen molar-refractivity contribution in [2.75, 3.05) is 26.3 Å². The van der Waals surface area contributed by atoms with Crippen LogP contribution in [0.15, 0.2) is 0 Å². The van der Waals surface area contributed by atoms with Gasteiger partial charge >= 0.3 is 0 Å². The smallest absolute Gasteiger partial charge is 0.117 e. The molecule has 2 aliphatic heterocycles. The Labute approximate surface area is 78.0 Å². The summed E-state index contributed by atoms with van der Waals surface area (Å²) in [7, 11) is 0. The minimum absolute atomic E-state index is 0.0773. The van der Waals surface area contributed by atoms with Crippen molar-refractivity contribution in [1.82, 2.24) is 10.6 Å². The van der Waals surface area contributed by atoms with E-state index >= 15 is 0 Å². The maximum atomic E-state index is 13.1. The van der Waals surface area contributed by atoms with Gasteiger partial charge in [-0.1, -0.05) is 0 Å². The van der Waals surface area contributed by atoms with Crippen molar-refractivity contribution >= 4 is 0 Å². The van der Waals surface area contributed by atoms with Crippen LogP contribution in [0.1, 0.15) is 12.8 Å². The molecule has 2 saturated heterocycles. The van der Waals surface area contributed by atoms with Crippen LogP contribution in [0, 0.1) is 0 Å². The highest BCUT2D eigenvalue weighted by Gasteiger charge is 2.26. The summed E-state index contributed by atoms with van der Waals surface area (Å²) in [5.74, 6) is 0. The van der Waals surface area contributed by atoms with Crippen LogP contribution in [0.4, 0.5) is 4.39 Å². The van der Waals surface area contributed by atoms with Gasteiger partial charge < -0.3 is 15.4 Å². The topological polar surface area (TPSA) is 33.3 Å². The van der Waals surface area contributed by atoms with Crippen molar-refractivity contribution < 1.29 is 9.13 Å². The number of rotatable bonds is 4. The Morgan fingerprint density at radius 3 is 2.85 bits per heavy atom. The van der Waals surface area contributed by atoms with Gasteiger partial charge in [0.05, 0.1) is 19.3 Å². The van der Waals surface area contributed by atoms with E-state index in [0.29, 0.717) is 12.5 Å². The monoisotopic (exact) mass is 188 g/mol. The minimum Gasteiger partial charge on any atom is -0.378 e. The van der Waals surface area contributed by atoms with Gasteiger partial charge in [-0.05, 0) is 25.9 Å². The van der Waals surface area contributed by atoms with Crippen LogP contribution in [0.2, 0.25) is 0 Å². The van der Waals surface area contributed by atoms with Gasteiger partial charge in [0.25, 0.3) is 0 Å². The van der Waals surface area contributed by atoms with Gasteiger partial charge in [0.1, 0.15) is 6.17 Å². The maximum Gasteiger partial charge on any atom is 0.117 e. The predicted molar refractivity (Wildman–Crippen MR) is 48.5 cm³/mol. The fourth-order valence-corrected chi connectivity index (χ4v) is 1.82. The van der Waals surface area contributed by atoms with Gasteiger partial charge in [0, 0.05) is 6.04 Å². The molecule has 76 valence electrons. The molecule has 0 radical (unpaired) electrons. The molecule has 2 aliphatic rings. The number of alkyl halides is 1. The maximum absolute atomic E-state index is 13.1. The highest BCUT2D eigenvalue weighted by Crippen LogP contribution is 2.13. The van der Waals surface area contributed by atoms with Crippen molar-refractivity contribution in [3.8, 4) is 0 Å². The Morgan fingerprint density at radius 1 is 1.46 bits per heavy atom. The van der Waals surface area contributed by atoms with Crippen molar-refractivity contribution in [2.24, 2.45) is 0 Å². The summed E-state index contributed by atoms with van der Waals surface area (Å²) in [5.41, 5.74) is 0. The molecule has 0 spiro atoms. The van der Waals surface area contributed by atoms with Crippen LogP contribution >= 0.6 is 0 Å². The number of hydrogen-bond acceptors (Lipinski definition) is 3. The third kappa shape index (κ3) is 2.39. The van der Waals surface area contributed by atoms with Gasteiger partial charge in [-0.25, -0.2) is 4.39 Å². The lowest BCUT2D eigenvalue weighted by molar-refractivity contribution is -0.00529. The molecule has 2 unspecified atom stereocenters. The molecule has 2 fully saturated rings. The molecular formula is C9H17FN2O. The van der Waals surface area contributed by atoms with E-state index < -0.39 is 6.17 Å². The van der Waals surface area contributed by atoms with Crippen LogP contribution in [0.5, 0.6) is 0 Å². The summed E-state index contributed by atoms with van der Waals surface area (Å²) >= 11 is 0. The number of nitrogens with one attached hydrogen (secondary N) is 2. The largest absolute Gasteiger partial charge is 0.378 e. The van der Waals surface area contributed by atoms with Crippen LogP contribution in [-0.4, -0.2) is 44.6 Å². The van der Waals surface area contributed by atoms with Crippen molar-refractivity contribution in [3.05, 3.63) is 0 Å². The lowest BCUT2D eigenvalue weighted by Crippen LogP contribution is -2.47. The van der Waals surface area contributed by atoms with Crippen LogP contribution in [0.25, 0.3) is 0 Å².